The minimum Gasteiger partial charge on any atom is -0.507 e. The third kappa shape index (κ3) is 4.34. The van der Waals surface area contributed by atoms with E-state index in [2.05, 4.69) is 35.3 Å². The van der Waals surface area contributed by atoms with Crippen LogP contribution in [0.2, 0.25) is 0 Å². The quantitative estimate of drug-likeness (QED) is 0.331. The zero-order valence-electron chi connectivity index (χ0n) is 18.0. The number of nitro benzene ring substituents is 1. The molecule has 0 bridgehead atoms. The van der Waals surface area contributed by atoms with Crippen molar-refractivity contribution in [2.24, 2.45) is 5.10 Å². The summed E-state index contributed by atoms with van der Waals surface area (Å²) in [6, 6.07) is 7.61. The first-order chi connectivity index (χ1) is 16.1. The monoisotopic (exact) mass is 448 g/mol. The molecule has 0 atom stereocenters. The molecule has 0 amide bonds. The largest absolute Gasteiger partial charge is 0.507 e. The number of hydrazone groups is 1. The molecule has 0 radical (unpaired) electrons. The van der Waals surface area contributed by atoms with Crippen molar-refractivity contribution in [1.82, 2.24) is 15.0 Å². The number of hydrogen-bond acceptors (Lipinski definition) is 10. The molecule has 2 N–H and O–H groups in total. The van der Waals surface area contributed by atoms with Crippen molar-refractivity contribution in [3.8, 4) is 5.75 Å². The van der Waals surface area contributed by atoms with E-state index in [0.29, 0.717) is 34.2 Å². The van der Waals surface area contributed by atoms with Gasteiger partial charge in [0.15, 0.2) is 0 Å². The van der Waals surface area contributed by atoms with Crippen LogP contribution in [0.4, 0.5) is 23.5 Å². The number of non-ortho nitro benzene ring substituents is 1. The Bertz CT molecular complexity index is 1190. The standard InChI is InChI=1S/C22H24N8O3/c31-19-8-5-15-13-16(30(32)33)6-7-17(15)18(19)14-23-27-20-24-21(28-9-1-2-10-28)26-22(25-20)29-11-3-4-12-29/h5-8,13-14,31H,1-4,9-12H2,(H,24,25,26,27). The van der Waals surface area contributed by atoms with Crippen LogP contribution in [0.1, 0.15) is 31.2 Å². The first-order valence-corrected chi connectivity index (χ1v) is 11.0. The smallest absolute Gasteiger partial charge is 0.270 e. The minimum absolute atomic E-state index is 0.0109. The molecule has 3 aromatic rings. The van der Waals surface area contributed by atoms with Gasteiger partial charge < -0.3 is 14.9 Å². The molecule has 5 rings (SSSR count). The Morgan fingerprint density at radius 3 is 2.21 bits per heavy atom. The second-order valence-electron chi connectivity index (χ2n) is 8.18. The minimum atomic E-state index is -0.446. The summed E-state index contributed by atoms with van der Waals surface area (Å²) < 4.78 is 0. The number of aromatic nitrogens is 3. The maximum Gasteiger partial charge on any atom is 0.270 e. The second-order valence-corrected chi connectivity index (χ2v) is 8.18. The Morgan fingerprint density at radius 2 is 1.61 bits per heavy atom. The van der Waals surface area contributed by atoms with Crippen LogP contribution in [0.15, 0.2) is 35.4 Å². The molecule has 11 heteroatoms. The summed E-state index contributed by atoms with van der Waals surface area (Å²) in [6.45, 7) is 3.68. The molecule has 3 heterocycles. The lowest BCUT2D eigenvalue weighted by atomic mass is 10.0. The summed E-state index contributed by atoms with van der Waals surface area (Å²) in [4.78, 5) is 28.7. The number of nitro groups is 1. The molecule has 170 valence electrons. The zero-order valence-corrected chi connectivity index (χ0v) is 18.0. The van der Waals surface area contributed by atoms with Crippen LogP contribution < -0.4 is 15.2 Å². The number of benzene rings is 2. The number of rotatable bonds is 6. The van der Waals surface area contributed by atoms with Gasteiger partial charge in [-0.25, -0.2) is 5.43 Å². The first kappa shape index (κ1) is 20.9. The van der Waals surface area contributed by atoms with Crippen molar-refractivity contribution >= 4 is 40.5 Å². The lowest BCUT2D eigenvalue weighted by Gasteiger charge is -2.20. The molecule has 1 aromatic heterocycles. The lowest BCUT2D eigenvalue weighted by Crippen LogP contribution is -2.25. The number of nitrogens with one attached hydrogen (secondary N) is 1. The van der Waals surface area contributed by atoms with Gasteiger partial charge in [-0.15, -0.1) is 0 Å². The van der Waals surface area contributed by atoms with Crippen molar-refractivity contribution < 1.29 is 10.0 Å². The molecule has 0 aliphatic carbocycles. The molecule has 2 aliphatic heterocycles. The van der Waals surface area contributed by atoms with Crippen LogP contribution in [0, 0.1) is 10.1 Å². The van der Waals surface area contributed by atoms with E-state index in [1.54, 1.807) is 12.1 Å². The fourth-order valence-corrected chi connectivity index (χ4v) is 4.25. The van der Waals surface area contributed by atoms with E-state index < -0.39 is 4.92 Å². The predicted molar refractivity (Wildman–Crippen MR) is 126 cm³/mol. The van der Waals surface area contributed by atoms with Crippen LogP contribution in [-0.4, -0.2) is 57.4 Å². The van der Waals surface area contributed by atoms with Crippen molar-refractivity contribution in [3.05, 3.63) is 46.0 Å². The number of fused-ring (bicyclic) bond motifs is 1. The second kappa shape index (κ2) is 8.85. The Hall–Kier alpha value is -4.02. The van der Waals surface area contributed by atoms with Crippen LogP contribution in [0.25, 0.3) is 10.8 Å². The summed E-state index contributed by atoms with van der Waals surface area (Å²) in [5, 5.41) is 27.0. The Morgan fingerprint density at radius 1 is 0.970 bits per heavy atom. The number of phenolic OH excluding ortho intramolecular Hbond substituents is 1. The van der Waals surface area contributed by atoms with E-state index in [1.807, 2.05) is 0 Å². The molecule has 2 fully saturated rings. The average molecular weight is 448 g/mol. The van der Waals surface area contributed by atoms with Crippen LogP contribution in [0.3, 0.4) is 0 Å². The van der Waals surface area contributed by atoms with Gasteiger partial charge in [0.05, 0.1) is 11.1 Å². The van der Waals surface area contributed by atoms with E-state index in [1.165, 1.54) is 24.4 Å². The highest BCUT2D eigenvalue weighted by molar-refractivity contribution is 6.03. The van der Waals surface area contributed by atoms with Gasteiger partial charge in [-0.3, -0.25) is 10.1 Å². The molecular formula is C22H24N8O3. The number of hydrogen-bond donors (Lipinski definition) is 2. The van der Waals surface area contributed by atoms with E-state index in [0.717, 1.165) is 51.9 Å². The molecule has 11 nitrogen and oxygen atoms in total. The van der Waals surface area contributed by atoms with Gasteiger partial charge in [-0.1, -0.05) is 6.07 Å². The molecule has 33 heavy (non-hydrogen) atoms. The highest BCUT2D eigenvalue weighted by Crippen LogP contribution is 2.29. The van der Waals surface area contributed by atoms with Gasteiger partial charge >= 0.3 is 0 Å². The van der Waals surface area contributed by atoms with Gasteiger partial charge in [0.2, 0.25) is 17.8 Å². The molecule has 2 aromatic carbocycles. The summed E-state index contributed by atoms with van der Waals surface area (Å²) in [7, 11) is 0. The Balaban J connectivity index is 1.43. The van der Waals surface area contributed by atoms with Crippen molar-refractivity contribution in [2.45, 2.75) is 25.7 Å². The highest BCUT2D eigenvalue weighted by atomic mass is 16.6. The van der Waals surface area contributed by atoms with Gasteiger partial charge in [-0.05, 0) is 48.6 Å². The van der Waals surface area contributed by atoms with Crippen molar-refractivity contribution in [2.75, 3.05) is 41.4 Å². The topological polar surface area (TPSA) is 133 Å². The van der Waals surface area contributed by atoms with E-state index >= 15 is 0 Å². The van der Waals surface area contributed by atoms with Crippen molar-refractivity contribution in [3.63, 3.8) is 0 Å². The van der Waals surface area contributed by atoms with Crippen LogP contribution in [-0.2, 0) is 0 Å². The molecule has 0 spiro atoms. The molecular weight excluding hydrogens is 424 g/mol. The fraction of sp³-hybridized carbons (Fsp3) is 0.364. The summed E-state index contributed by atoms with van der Waals surface area (Å²) >= 11 is 0. The summed E-state index contributed by atoms with van der Waals surface area (Å²) in [6.07, 6.45) is 5.93. The Labute approximate surface area is 189 Å². The number of anilines is 3. The van der Waals surface area contributed by atoms with E-state index in [9.17, 15) is 15.2 Å². The molecule has 0 unspecified atom stereocenters. The number of aromatic hydroxyl groups is 1. The average Bonchev–Trinajstić information content (AvgIpc) is 3.55. The van der Waals surface area contributed by atoms with Gasteiger partial charge in [-0.2, -0.15) is 20.1 Å². The highest BCUT2D eigenvalue weighted by Gasteiger charge is 2.21. The molecule has 2 aliphatic rings. The first-order valence-electron chi connectivity index (χ1n) is 11.0. The predicted octanol–water partition coefficient (Wildman–Crippen LogP) is 3.29. The summed E-state index contributed by atoms with van der Waals surface area (Å²) in [5.74, 6) is 1.64. The Kier molecular flexibility index (Phi) is 5.59. The van der Waals surface area contributed by atoms with Gasteiger partial charge in [0.25, 0.3) is 5.69 Å². The van der Waals surface area contributed by atoms with E-state index in [4.69, 9.17) is 0 Å². The molecule has 0 saturated carbocycles. The third-order valence-corrected chi connectivity index (χ3v) is 5.98. The van der Waals surface area contributed by atoms with Crippen LogP contribution in [0.5, 0.6) is 5.75 Å². The van der Waals surface area contributed by atoms with Crippen molar-refractivity contribution in [1.29, 1.82) is 0 Å². The summed E-state index contributed by atoms with van der Waals surface area (Å²) in [5.41, 5.74) is 3.31. The molecule has 2 saturated heterocycles. The lowest BCUT2D eigenvalue weighted by molar-refractivity contribution is -0.384. The SMILES string of the molecule is O=[N+]([O-])c1ccc2c(C=NNc3nc(N4CCCC4)nc(N4CCCC4)n3)c(O)ccc2c1. The maximum atomic E-state index is 11.1. The fourth-order valence-electron chi connectivity index (χ4n) is 4.25. The van der Waals surface area contributed by atoms with Crippen LogP contribution >= 0.6 is 0 Å². The van der Waals surface area contributed by atoms with Gasteiger partial charge in [0.1, 0.15) is 5.75 Å². The van der Waals surface area contributed by atoms with E-state index in [-0.39, 0.29) is 11.4 Å². The van der Waals surface area contributed by atoms with Gasteiger partial charge in [0, 0.05) is 43.9 Å². The zero-order chi connectivity index (χ0) is 22.8. The number of nitrogens with zero attached hydrogens (tertiary/aromatic N) is 7. The normalized spacial score (nSPS) is 16.2. The maximum absolute atomic E-state index is 11.1. The third-order valence-electron chi connectivity index (χ3n) is 5.98. The number of phenols is 1.